The van der Waals surface area contributed by atoms with Crippen LogP contribution in [0.2, 0.25) is 0 Å². The van der Waals surface area contributed by atoms with Gasteiger partial charge in [-0.25, -0.2) is 8.42 Å². The minimum absolute atomic E-state index is 0.238. The number of amides is 1. The number of benzene rings is 1. The quantitative estimate of drug-likeness (QED) is 0.624. The number of aryl methyl sites for hydroxylation is 1. The number of imidazole rings is 1. The van der Waals surface area contributed by atoms with Gasteiger partial charge in [-0.05, 0) is 37.2 Å². The highest BCUT2D eigenvalue weighted by Gasteiger charge is 2.15. The van der Waals surface area contributed by atoms with E-state index in [-0.39, 0.29) is 10.8 Å². The number of nitrogens with one attached hydrogen (secondary N) is 1. The third-order valence-corrected chi connectivity index (χ3v) is 4.69. The maximum Gasteiger partial charge on any atom is 0.217 e. The first-order valence-corrected chi connectivity index (χ1v) is 8.80. The number of carbonyl (C=O) groups is 1. The van der Waals surface area contributed by atoms with E-state index in [2.05, 4.69) is 4.98 Å². The van der Waals surface area contributed by atoms with E-state index in [0.717, 1.165) is 11.9 Å². The molecule has 3 N–H and O–H groups in total. The molecule has 1 aromatic heterocycles. The molecule has 21 heavy (non-hydrogen) atoms. The molecule has 1 heterocycles. The molecule has 8 heteroatoms. The predicted octanol–water partition coefficient (Wildman–Crippen LogP) is 1.76. The van der Waals surface area contributed by atoms with Crippen molar-refractivity contribution < 1.29 is 13.2 Å². The van der Waals surface area contributed by atoms with Crippen LogP contribution < -0.4 is 5.73 Å². The first kappa shape index (κ1) is 15.7. The van der Waals surface area contributed by atoms with Gasteiger partial charge in [0.2, 0.25) is 5.91 Å². The lowest BCUT2D eigenvalue weighted by molar-refractivity contribution is -0.118. The normalized spacial score (nSPS) is 11.9. The molecule has 0 aliphatic rings. The van der Waals surface area contributed by atoms with Gasteiger partial charge in [0, 0.05) is 19.2 Å². The van der Waals surface area contributed by atoms with Crippen molar-refractivity contribution in [2.45, 2.75) is 30.7 Å². The summed E-state index contributed by atoms with van der Waals surface area (Å²) in [5.41, 5.74) is 6.38. The van der Waals surface area contributed by atoms with Crippen molar-refractivity contribution in [2.24, 2.45) is 5.73 Å². The van der Waals surface area contributed by atoms with Gasteiger partial charge in [-0.2, -0.15) is 0 Å². The third-order valence-electron chi connectivity index (χ3n) is 3.23. The Kier molecular flexibility index (Phi) is 4.48. The van der Waals surface area contributed by atoms with Crippen LogP contribution in [-0.2, 0) is 21.2 Å². The number of hydrogen-bond acceptors (Lipinski definition) is 4. The highest BCUT2D eigenvalue weighted by Crippen LogP contribution is 2.23. The minimum Gasteiger partial charge on any atom is -0.370 e. The molecule has 0 aliphatic carbocycles. The van der Waals surface area contributed by atoms with Crippen LogP contribution in [0.1, 0.15) is 19.3 Å². The van der Waals surface area contributed by atoms with E-state index in [1.54, 1.807) is 12.1 Å². The average Bonchev–Trinajstić information content (AvgIpc) is 2.69. The molecule has 0 spiro atoms. The summed E-state index contributed by atoms with van der Waals surface area (Å²) in [6.07, 6.45) is 2.93. The summed E-state index contributed by atoms with van der Waals surface area (Å²) in [4.78, 5) is 13.9. The number of nitrogens with two attached hydrogens (primary N) is 1. The number of aromatic nitrogens is 2. The monoisotopic (exact) mass is 327 g/mol. The number of fused-ring (bicyclic) bond motifs is 1. The van der Waals surface area contributed by atoms with Crippen molar-refractivity contribution in [3.63, 3.8) is 0 Å². The summed E-state index contributed by atoms with van der Waals surface area (Å²) < 4.78 is 25.9. The second-order valence-corrected chi connectivity index (χ2v) is 7.30. The molecule has 1 aromatic carbocycles. The molecule has 0 aliphatic heterocycles. The summed E-state index contributed by atoms with van der Waals surface area (Å²) in [7, 11) is -3.32. The molecule has 6 nitrogen and oxygen atoms in total. The number of nitrogens with zero attached hydrogens (tertiary/aromatic N) is 1. The molecule has 0 unspecified atom stereocenters. The molecule has 0 atom stereocenters. The number of sulfone groups is 1. The predicted molar refractivity (Wildman–Crippen MR) is 83.3 cm³/mol. The van der Waals surface area contributed by atoms with Crippen molar-refractivity contribution in [3.05, 3.63) is 23.0 Å². The Morgan fingerprint density at radius 2 is 2.10 bits per heavy atom. The van der Waals surface area contributed by atoms with E-state index < -0.39 is 9.84 Å². The first-order chi connectivity index (χ1) is 9.80. The summed E-state index contributed by atoms with van der Waals surface area (Å²) in [5.74, 6) is -0.322. The van der Waals surface area contributed by atoms with Crippen LogP contribution in [0.15, 0.2) is 23.1 Å². The molecule has 0 bridgehead atoms. The molecule has 0 saturated carbocycles. The van der Waals surface area contributed by atoms with E-state index in [1.165, 1.54) is 6.26 Å². The standard InChI is InChI=1S/C13H17N3O3S2/c1-21(18,19)10-6-4-5-9-12(10)15-13(20)16(9)8-3-2-7-11(14)17/h4-6H,2-3,7-8H2,1H3,(H2,14,17)(H,15,20). The number of unbranched alkanes of at least 4 members (excludes halogenated alkanes) is 1. The Hall–Kier alpha value is -1.67. The van der Waals surface area contributed by atoms with Crippen LogP contribution in [-0.4, -0.2) is 30.1 Å². The van der Waals surface area contributed by atoms with Crippen LogP contribution in [0.25, 0.3) is 11.0 Å². The van der Waals surface area contributed by atoms with Gasteiger partial charge in [-0.15, -0.1) is 0 Å². The van der Waals surface area contributed by atoms with Gasteiger partial charge >= 0.3 is 0 Å². The van der Waals surface area contributed by atoms with Crippen LogP contribution in [0.5, 0.6) is 0 Å². The summed E-state index contributed by atoms with van der Waals surface area (Å²) in [6.45, 7) is 0.610. The van der Waals surface area contributed by atoms with Crippen LogP contribution >= 0.6 is 12.2 Å². The molecule has 2 rings (SSSR count). The minimum atomic E-state index is -3.32. The Morgan fingerprint density at radius 3 is 2.71 bits per heavy atom. The van der Waals surface area contributed by atoms with Crippen LogP contribution in [0.4, 0.5) is 0 Å². The SMILES string of the molecule is CS(=O)(=O)c1cccc2c1[nH]c(=S)n2CCCCC(N)=O. The zero-order chi connectivity index (χ0) is 15.6. The number of primary amides is 1. The fraction of sp³-hybridized carbons (Fsp3) is 0.385. The van der Waals surface area contributed by atoms with E-state index in [9.17, 15) is 13.2 Å². The number of aromatic amines is 1. The van der Waals surface area contributed by atoms with Crippen molar-refractivity contribution in [2.75, 3.05) is 6.26 Å². The van der Waals surface area contributed by atoms with Crippen molar-refractivity contribution in [1.82, 2.24) is 9.55 Å². The Balaban J connectivity index is 2.36. The lowest BCUT2D eigenvalue weighted by atomic mass is 10.2. The maximum atomic E-state index is 11.8. The van der Waals surface area contributed by atoms with Gasteiger partial charge in [0.05, 0.1) is 15.9 Å². The van der Waals surface area contributed by atoms with Gasteiger partial charge in [-0.3, -0.25) is 4.79 Å². The fourth-order valence-corrected chi connectivity index (χ4v) is 3.40. The summed E-state index contributed by atoms with van der Waals surface area (Å²) >= 11 is 5.26. The van der Waals surface area contributed by atoms with Gasteiger partial charge in [-0.1, -0.05) is 6.07 Å². The lowest BCUT2D eigenvalue weighted by Crippen LogP contribution is -2.10. The zero-order valence-corrected chi connectivity index (χ0v) is 13.3. The maximum absolute atomic E-state index is 11.8. The van der Waals surface area contributed by atoms with E-state index in [1.807, 2.05) is 10.6 Å². The number of H-pyrrole nitrogens is 1. The first-order valence-electron chi connectivity index (χ1n) is 6.50. The molecule has 1 amide bonds. The van der Waals surface area contributed by atoms with Crippen LogP contribution in [0.3, 0.4) is 0 Å². The Morgan fingerprint density at radius 1 is 1.38 bits per heavy atom. The lowest BCUT2D eigenvalue weighted by Gasteiger charge is -2.05. The molecular weight excluding hydrogens is 310 g/mol. The topological polar surface area (TPSA) is 97.9 Å². The second kappa shape index (κ2) is 5.98. The second-order valence-electron chi connectivity index (χ2n) is 4.93. The van der Waals surface area contributed by atoms with Crippen molar-refractivity contribution in [3.8, 4) is 0 Å². The molecule has 2 aromatic rings. The largest absolute Gasteiger partial charge is 0.370 e. The third kappa shape index (κ3) is 3.51. The smallest absolute Gasteiger partial charge is 0.217 e. The van der Waals surface area contributed by atoms with Gasteiger partial charge in [0.15, 0.2) is 14.6 Å². The van der Waals surface area contributed by atoms with Crippen molar-refractivity contribution >= 4 is 39.0 Å². The van der Waals surface area contributed by atoms with Crippen molar-refractivity contribution in [1.29, 1.82) is 0 Å². The fourth-order valence-electron chi connectivity index (χ4n) is 2.25. The molecule has 114 valence electrons. The summed E-state index contributed by atoms with van der Waals surface area (Å²) in [6, 6.07) is 5.08. The highest BCUT2D eigenvalue weighted by molar-refractivity contribution is 7.91. The Labute approximate surface area is 127 Å². The zero-order valence-electron chi connectivity index (χ0n) is 11.6. The van der Waals surface area contributed by atoms with Gasteiger partial charge in [0.1, 0.15) is 0 Å². The number of para-hydroxylation sites is 1. The molecule has 0 saturated heterocycles. The Bertz CT molecular complexity index is 834. The highest BCUT2D eigenvalue weighted by atomic mass is 32.2. The van der Waals surface area contributed by atoms with E-state index in [0.29, 0.717) is 29.7 Å². The number of carbonyl (C=O) groups excluding carboxylic acids is 1. The van der Waals surface area contributed by atoms with E-state index >= 15 is 0 Å². The van der Waals surface area contributed by atoms with Crippen LogP contribution in [0, 0.1) is 4.77 Å². The van der Waals surface area contributed by atoms with Gasteiger partial charge in [0.25, 0.3) is 0 Å². The average molecular weight is 327 g/mol. The van der Waals surface area contributed by atoms with Gasteiger partial charge < -0.3 is 15.3 Å². The number of rotatable bonds is 6. The molecule has 0 radical (unpaired) electrons. The molecule has 0 fully saturated rings. The van der Waals surface area contributed by atoms with E-state index in [4.69, 9.17) is 18.0 Å². The number of hydrogen-bond donors (Lipinski definition) is 2. The summed E-state index contributed by atoms with van der Waals surface area (Å²) in [5, 5.41) is 0. The molecular formula is C13H17N3O3S2.